The lowest BCUT2D eigenvalue weighted by Gasteiger charge is -2.28. The molecule has 0 radical (unpaired) electrons. The van der Waals surface area contributed by atoms with Gasteiger partial charge in [0.1, 0.15) is 5.75 Å². The number of rotatable bonds is 7. The van der Waals surface area contributed by atoms with Crippen molar-refractivity contribution in [3.63, 3.8) is 0 Å². The third-order valence-corrected chi connectivity index (χ3v) is 6.07. The molecule has 3 N–H and O–H groups in total. The van der Waals surface area contributed by atoms with Crippen molar-refractivity contribution in [1.82, 2.24) is 20.7 Å². The number of hydrogen-bond donors (Lipinski definition) is 3. The van der Waals surface area contributed by atoms with E-state index in [0.29, 0.717) is 23.0 Å². The molecule has 0 atom stereocenters. The number of benzene rings is 1. The highest BCUT2D eigenvalue weighted by atomic mass is 32.1. The summed E-state index contributed by atoms with van der Waals surface area (Å²) in [5.41, 5.74) is 8.75. The molecule has 1 fully saturated rings. The van der Waals surface area contributed by atoms with E-state index in [2.05, 4.69) is 26.1 Å². The van der Waals surface area contributed by atoms with Gasteiger partial charge in [-0.15, -0.1) is 11.3 Å². The summed E-state index contributed by atoms with van der Waals surface area (Å²) in [4.78, 5) is 20.4. The largest absolute Gasteiger partial charge is 0.453 e. The maximum absolute atomic E-state index is 14.6. The highest BCUT2D eigenvalue weighted by Gasteiger charge is 2.16. The van der Waals surface area contributed by atoms with Crippen LogP contribution in [0.2, 0.25) is 0 Å². The maximum atomic E-state index is 14.6. The number of nitrogens with zero attached hydrogens (tertiary/aromatic N) is 2. The van der Waals surface area contributed by atoms with Gasteiger partial charge in [-0.3, -0.25) is 14.8 Å². The normalized spacial score (nSPS) is 13.7. The van der Waals surface area contributed by atoms with Gasteiger partial charge in [-0.1, -0.05) is 0 Å². The van der Waals surface area contributed by atoms with Crippen LogP contribution < -0.4 is 20.9 Å². The summed E-state index contributed by atoms with van der Waals surface area (Å²) in [6.45, 7) is 1.77. The Morgan fingerprint density at radius 3 is 2.74 bits per heavy atom. The zero-order valence-electron chi connectivity index (χ0n) is 16.3. The van der Waals surface area contributed by atoms with Gasteiger partial charge < -0.3 is 15.5 Å². The van der Waals surface area contributed by atoms with E-state index in [9.17, 15) is 9.18 Å². The standard InChI is InChI=1S/C22H18FN5O2S/c23-16-7-14(27-28-15-10-24-11-15)2-4-19(16)30-20-5-6-25-18-8-21(31-22(18)20)17-3-1-13(12-29)9-26-17/h1-9,12,15,24,27-28H,10-11H2. The lowest BCUT2D eigenvalue weighted by Crippen LogP contribution is -2.56. The van der Waals surface area contributed by atoms with Gasteiger partial charge in [-0.2, -0.15) is 0 Å². The van der Waals surface area contributed by atoms with Crippen LogP contribution in [0.1, 0.15) is 10.4 Å². The number of thiophene rings is 1. The highest BCUT2D eigenvalue weighted by Crippen LogP contribution is 2.39. The monoisotopic (exact) mass is 435 g/mol. The van der Waals surface area contributed by atoms with E-state index < -0.39 is 5.82 Å². The lowest BCUT2D eigenvalue weighted by molar-refractivity contribution is 0.112. The van der Waals surface area contributed by atoms with Crippen molar-refractivity contribution in [2.45, 2.75) is 6.04 Å². The molecule has 1 aromatic carbocycles. The molecule has 7 nitrogen and oxygen atoms in total. The number of aldehydes is 1. The van der Waals surface area contributed by atoms with E-state index in [1.54, 1.807) is 36.5 Å². The Labute approximate surface area is 181 Å². The molecule has 1 saturated heterocycles. The molecular weight excluding hydrogens is 417 g/mol. The summed E-state index contributed by atoms with van der Waals surface area (Å²) < 4.78 is 21.3. The smallest absolute Gasteiger partial charge is 0.167 e. The Bertz CT molecular complexity index is 1240. The molecule has 156 valence electrons. The van der Waals surface area contributed by atoms with E-state index in [1.165, 1.54) is 23.6 Å². The van der Waals surface area contributed by atoms with Crippen LogP contribution in [0.15, 0.2) is 54.9 Å². The summed E-state index contributed by atoms with van der Waals surface area (Å²) >= 11 is 1.45. The Kier molecular flexibility index (Phi) is 5.29. The van der Waals surface area contributed by atoms with Crippen molar-refractivity contribution in [3.05, 3.63) is 66.2 Å². The topological polar surface area (TPSA) is 88.2 Å². The first-order valence-electron chi connectivity index (χ1n) is 9.69. The first kappa shape index (κ1) is 19.6. The number of carbonyl (C=O) groups excluding carboxylic acids is 1. The van der Waals surface area contributed by atoms with Crippen molar-refractivity contribution in [2.24, 2.45) is 0 Å². The number of halogens is 1. The molecule has 4 aromatic rings. The molecule has 0 unspecified atom stereocenters. The molecular formula is C22H18FN5O2S. The third kappa shape index (κ3) is 4.11. The zero-order chi connectivity index (χ0) is 21.2. The van der Waals surface area contributed by atoms with Crippen molar-refractivity contribution in [2.75, 3.05) is 18.5 Å². The summed E-state index contributed by atoms with van der Waals surface area (Å²) in [5, 5.41) is 3.16. The maximum Gasteiger partial charge on any atom is 0.167 e. The van der Waals surface area contributed by atoms with Crippen LogP contribution in [-0.2, 0) is 0 Å². The summed E-state index contributed by atoms with van der Waals surface area (Å²) in [5.74, 6) is 0.183. The molecule has 4 heterocycles. The van der Waals surface area contributed by atoms with Gasteiger partial charge in [0, 0.05) is 43.2 Å². The van der Waals surface area contributed by atoms with Crippen molar-refractivity contribution >= 4 is 33.5 Å². The minimum Gasteiger partial charge on any atom is -0.453 e. The predicted octanol–water partition coefficient (Wildman–Crippen LogP) is 3.99. The summed E-state index contributed by atoms with van der Waals surface area (Å²) in [6, 6.07) is 12.2. The second kappa shape index (κ2) is 8.38. The summed E-state index contributed by atoms with van der Waals surface area (Å²) in [7, 11) is 0. The molecule has 0 amide bonds. The predicted molar refractivity (Wildman–Crippen MR) is 118 cm³/mol. The third-order valence-electron chi connectivity index (χ3n) is 4.90. The van der Waals surface area contributed by atoms with Crippen LogP contribution >= 0.6 is 11.3 Å². The van der Waals surface area contributed by atoms with E-state index in [0.717, 1.165) is 40.2 Å². The minimum absolute atomic E-state index is 0.131. The van der Waals surface area contributed by atoms with E-state index in [-0.39, 0.29) is 5.75 Å². The molecule has 1 aliphatic rings. The average Bonchev–Trinajstić information content (AvgIpc) is 3.20. The van der Waals surface area contributed by atoms with Gasteiger partial charge in [0.25, 0.3) is 0 Å². The number of nitrogens with one attached hydrogen (secondary N) is 3. The van der Waals surface area contributed by atoms with Gasteiger partial charge in [0.05, 0.1) is 32.5 Å². The first-order valence-corrected chi connectivity index (χ1v) is 10.5. The number of aromatic nitrogens is 2. The SMILES string of the molecule is O=Cc1ccc(-c2cc3nccc(Oc4ccc(NNC5CNC5)cc4F)c3s2)nc1. The number of ether oxygens (including phenoxy) is 1. The molecule has 1 aliphatic heterocycles. The number of hydrazine groups is 1. The van der Waals surface area contributed by atoms with Crippen LogP contribution in [0.25, 0.3) is 20.8 Å². The second-order valence-corrected chi connectivity index (χ2v) is 8.15. The van der Waals surface area contributed by atoms with Crippen LogP contribution in [0.3, 0.4) is 0 Å². The second-order valence-electron chi connectivity index (χ2n) is 7.10. The molecule has 9 heteroatoms. The lowest BCUT2D eigenvalue weighted by atomic mass is 10.2. The van der Waals surface area contributed by atoms with E-state index >= 15 is 0 Å². The molecule has 31 heavy (non-hydrogen) atoms. The Morgan fingerprint density at radius 2 is 2.03 bits per heavy atom. The molecule has 0 bridgehead atoms. The zero-order valence-corrected chi connectivity index (χ0v) is 17.1. The number of carbonyl (C=O) groups is 1. The van der Waals surface area contributed by atoms with Crippen LogP contribution in [0.5, 0.6) is 11.5 Å². The van der Waals surface area contributed by atoms with Crippen molar-refractivity contribution in [3.8, 4) is 22.1 Å². The van der Waals surface area contributed by atoms with Crippen LogP contribution in [-0.4, -0.2) is 35.4 Å². The minimum atomic E-state index is -0.466. The quantitative estimate of drug-likeness (QED) is 0.299. The number of hydrogen-bond acceptors (Lipinski definition) is 8. The van der Waals surface area contributed by atoms with E-state index in [1.807, 2.05) is 6.07 Å². The fourth-order valence-electron chi connectivity index (χ4n) is 3.10. The van der Waals surface area contributed by atoms with Gasteiger partial charge in [0.2, 0.25) is 0 Å². The average molecular weight is 435 g/mol. The Hall–Kier alpha value is -3.40. The Morgan fingerprint density at radius 1 is 1.13 bits per heavy atom. The fourth-order valence-corrected chi connectivity index (χ4v) is 4.14. The highest BCUT2D eigenvalue weighted by molar-refractivity contribution is 7.22. The van der Waals surface area contributed by atoms with Gasteiger partial charge in [-0.05, 0) is 30.3 Å². The van der Waals surface area contributed by atoms with Crippen molar-refractivity contribution in [1.29, 1.82) is 0 Å². The number of fused-ring (bicyclic) bond motifs is 1. The van der Waals surface area contributed by atoms with Crippen LogP contribution in [0, 0.1) is 5.82 Å². The molecule has 0 spiro atoms. The molecule has 0 saturated carbocycles. The fraction of sp³-hybridized carbons (Fsp3) is 0.136. The molecule has 3 aromatic heterocycles. The number of pyridine rings is 2. The first-order chi connectivity index (χ1) is 15.2. The number of anilines is 1. The van der Waals surface area contributed by atoms with E-state index in [4.69, 9.17) is 4.74 Å². The Balaban J connectivity index is 1.38. The van der Waals surface area contributed by atoms with Gasteiger partial charge in [-0.25, -0.2) is 9.82 Å². The van der Waals surface area contributed by atoms with Gasteiger partial charge >= 0.3 is 0 Å². The molecule has 5 rings (SSSR count). The van der Waals surface area contributed by atoms with Gasteiger partial charge in [0.15, 0.2) is 17.9 Å². The molecule has 0 aliphatic carbocycles. The summed E-state index contributed by atoms with van der Waals surface area (Å²) in [6.07, 6.45) is 3.91. The van der Waals surface area contributed by atoms with Crippen molar-refractivity contribution < 1.29 is 13.9 Å². The van der Waals surface area contributed by atoms with Crippen LogP contribution in [0.4, 0.5) is 10.1 Å².